The zero-order valence-corrected chi connectivity index (χ0v) is 10.4. The van der Waals surface area contributed by atoms with E-state index in [-0.39, 0.29) is 0 Å². The third kappa shape index (κ3) is 2.85. The van der Waals surface area contributed by atoms with Crippen LogP contribution >= 0.6 is 0 Å². The quantitative estimate of drug-likeness (QED) is 0.812. The maximum absolute atomic E-state index is 5.64. The Bertz CT molecular complexity index is 502. The fraction of sp³-hybridized carbons (Fsp3) is 0.143. The summed E-state index contributed by atoms with van der Waals surface area (Å²) in [6.07, 6.45) is 0. The number of benzene rings is 2. The van der Waals surface area contributed by atoms with Gasteiger partial charge in [0.1, 0.15) is 11.5 Å². The Hall–Kier alpha value is -2.36. The van der Waals surface area contributed by atoms with E-state index in [1.54, 1.807) is 14.2 Å². The molecule has 0 fully saturated rings. The highest BCUT2D eigenvalue weighted by molar-refractivity contribution is 5.64. The van der Waals surface area contributed by atoms with Crippen LogP contribution in [0.2, 0.25) is 0 Å². The van der Waals surface area contributed by atoms with Crippen molar-refractivity contribution in [1.82, 2.24) is 0 Å². The van der Waals surface area contributed by atoms with Gasteiger partial charge in [0.2, 0.25) is 0 Å². The van der Waals surface area contributed by atoms with Crippen LogP contribution in [0.5, 0.6) is 11.5 Å². The lowest BCUT2D eigenvalue weighted by Gasteiger charge is -2.10. The Kier molecular flexibility index (Phi) is 3.57. The Labute approximate surface area is 106 Å². The first-order valence-electron chi connectivity index (χ1n) is 5.57. The summed E-state index contributed by atoms with van der Waals surface area (Å²) in [5.41, 5.74) is 8.24. The summed E-state index contributed by atoms with van der Waals surface area (Å²) in [6, 6.07) is 13.2. The van der Waals surface area contributed by atoms with Gasteiger partial charge in [-0.1, -0.05) is 0 Å². The highest BCUT2D eigenvalue weighted by Crippen LogP contribution is 2.28. The second-order valence-electron chi connectivity index (χ2n) is 3.85. The van der Waals surface area contributed by atoms with E-state index in [0.29, 0.717) is 0 Å². The normalized spacial score (nSPS) is 9.89. The summed E-state index contributed by atoms with van der Waals surface area (Å²) in [6.45, 7) is 0. The minimum Gasteiger partial charge on any atom is -0.497 e. The van der Waals surface area contributed by atoms with Crippen LogP contribution in [-0.2, 0) is 0 Å². The molecule has 4 heteroatoms. The predicted octanol–water partition coefficient (Wildman–Crippen LogP) is 3.03. The number of nitrogens with one attached hydrogen (secondary N) is 1. The molecule has 0 spiro atoms. The fourth-order valence-electron chi connectivity index (χ4n) is 1.61. The SMILES string of the molecule is COc1cc(Nc2ccc(N)cc2)cc(OC)c1. The molecule has 2 rings (SSSR count). The second-order valence-corrected chi connectivity index (χ2v) is 3.85. The molecule has 2 aromatic rings. The zero-order valence-electron chi connectivity index (χ0n) is 10.4. The monoisotopic (exact) mass is 244 g/mol. The van der Waals surface area contributed by atoms with Crippen molar-refractivity contribution in [3.63, 3.8) is 0 Å². The molecule has 3 N–H and O–H groups in total. The Morgan fingerprint density at radius 1 is 0.833 bits per heavy atom. The number of rotatable bonds is 4. The third-order valence-electron chi connectivity index (χ3n) is 2.55. The number of hydrogen-bond acceptors (Lipinski definition) is 4. The molecule has 0 saturated heterocycles. The lowest BCUT2D eigenvalue weighted by Crippen LogP contribution is -1.94. The maximum Gasteiger partial charge on any atom is 0.124 e. The Morgan fingerprint density at radius 2 is 1.39 bits per heavy atom. The van der Waals surface area contributed by atoms with Crippen molar-refractivity contribution in [1.29, 1.82) is 0 Å². The smallest absolute Gasteiger partial charge is 0.124 e. The van der Waals surface area contributed by atoms with E-state index in [9.17, 15) is 0 Å². The summed E-state index contributed by atoms with van der Waals surface area (Å²) < 4.78 is 10.4. The summed E-state index contributed by atoms with van der Waals surface area (Å²) in [5.74, 6) is 1.49. The molecule has 0 saturated carbocycles. The van der Waals surface area contributed by atoms with Gasteiger partial charge < -0.3 is 20.5 Å². The van der Waals surface area contributed by atoms with E-state index in [1.165, 1.54) is 0 Å². The summed E-state index contributed by atoms with van der Waals surface area (Å²) in [7, 11) is 3.25. The van der Waals surface area contributed by atoms with Gasteiger partial charge in [0, 0.05) is 35.3 Å². The van der Waals surface area contributed by atoms with Gasteiger partial charge in [0.25, 0.3) is 0 Å². The first kappa shape index (κ1) is 12.1. The summed E-state index contributed by atoms with van der Waals surface area (Å²) in [5, 5.41) is 3.26. The molecule has 4 nitrogen and oxygen atoms in total. The van der Waals surface area contributed by atoms with Gasteiger partial charge in [-0.2, -0.15) is 0 Å². The van der Waals surface area contributed by atoms with Crippen LogP contribution in [0.4, 0.5) is 17.1 Å². The zero-order chi connectivity index (χ0) is 13.0. The van der Waals surface area contributed by atoms with Crippen LogP contribution < -0.4 is 20.5 Å². The Morgan fingerprint density at radius 3 is 1.89 bits per heavy atom. The number of hydrogen-bond donors (Lipinski definition) is 2. The van der Waals surface area contributed by atoms with Gasteiger partial charge in [-0.15, -0.1) is 0 Å². The van der Waals surface area contributed by atoms with Crippen molar-refractivity contribution >= 4 is 17.1 Å². The average molecular weight is 244 g/mol. The van der Waals surface area contributed by atoms with Crippen LogP contribution in [0.25, 0.3) is 0 Å². The van der Waals surface area contributed by atoms with Crippen LogP contribution in [0.15, 0.2) is 42.5 Å². The van der Waals surface area contributed by atoms with Crippen LogP contribution in [0.3, 0.4) is 0 Å². The van der Waals surface area contributed by atoms with Crippen molar-refractivity contribution in [2.45, 2.75) is 0 Å². The molecule has 94 valence electrons. The molecule has 18 heavy (non-hydrogen) atoms. The van der Waals surface area contributed by atoms with E-state index < -0.39 is 0 Å². The highest BCUT2D eigenvalue weighted by Gasteiger charge is 2.02. The lowest BCUT2D eigenvalue weighted by atomic mass is 10.2. The van der Waals surface area contributed by atoms with E-state index >= 15 is 0 Å². The molecule has 0 amide bonds. The summed E-state index contributed by atoms with van der Waals surface area (Å²) >= 11 is 0. The molecular weight excluding hydrogens is 228 g/mol. The van der Waals surface area contributed by atoms with Crippen LogP contribution in [0, 0.1) is 0 Å². The molecule has 0 aliphatic carbocycles. The van der Waals surface area contributed by atoms with Gasteiger partial charge >= 0.3 is 0 Å². The molecule has 2 aromatic carbocycles. The summed E-state index contributed by atoms with van der Waals surface area (Å²) in [4.78, 5) is 0. The van der Waals surface area contributed by atoms with Crippen LogP contribution in [0.1, 0.15) is 0 Å². The van der Waals surface area contributed by atoms with Gasteiger partial charge in [-0.05, 0) is 24.3 Å². The highest BCUT2D eigenvalue weighted by atomic mass is 16.5. The van der Waals surface area contributed by atoms with Gasteiger partial charge in [0.05, 0.1) is 14.2 Å². The fourth-order valence-corrected chi connectivity index (χ4v) is 1.61. The lowest BCUT2D eigenvalue weighted by molar-refractivity contribution is 0.395. The molecule has 0 aliphatic heterocycles. The van der Waals surface area contributed by atoms with Crippen molar-refractivity contribution in [2.75, 3.05) is 25.3 Å². The van der Waals surface area contributed by atoms with Crippen molar-refractivity contribution in [3.05, 3.63) is 42.5 Å². The number of ether oxygens (including phenoxy) is 2. The molecule has 0 unspecified atom stereocenters. The second kappa shape index (κ2) is 5.31. The molecule has 0 aliphatic rings. The predicted molar refractivity (Wildman–Crippen MR) is 73.7 cm³/mol. The molecule has 0 bridgehead atoms. The van der Waals surface area contributed by atoms with Gasteiger partial charge in [0.15, 0.2) is 0 Å². The van der Waals surface area contributed by atoms with Gasteiger partial charge in [-0.3, -0.25) is 0 Å². The van der Waals surface area contributed by atoms with Crippen molar-refractivity contribution in [2.24, 2.45) is 0 Å². The minimum atomic E-state index is 0.740. The minimum absolute atomic E-state index is 0.740. The molecular formula is C14H16N2O2. The van der Waals surface area contributed by atoms with Crippen LogP contribution in [-0.4, -0.2) is 14.2 Å². The number of nitrogen functional groups attached to an aromatic ring is 1. The first-order chi connectivity index (χ1) is 8.71. The molecule has 0 radical (unpaired) electrons. The third-order valence-corrected chi connectivity index (χ3v) is 2.55. The van der Waals surface area contributed by atoms with E-state index in [4.69, 9.17) is 15.2 Å². The maximum atomic E-state index is 5.64. The van der Waals surface area contributed by atoms with Crippen molar-refractivity contribution in [3.8, 4) is 11.5 Å². The molecule has 0 atom stereocenters. The largest absolute Gasteiger partial charge is 0.497 e. The standard InChI is InChI=1S/C14H16N2O2/c1-17-13-7-12(8-14(9-13)18-2)16-11-5-3-10(15)4-6-11/h3-9,16H,15H2,1-2H3. The van der Waals surface area contributed by atoms with E-state index in [2.05, 4.69) is 5.32 Å². The number of methoxy groups -OCH3 is 2. The topological polar surface area (TPSA) is 56.5 Å². The van der Waals surface area contributed by atoms with Gasteiger partial charge in [-0.25, -0.2) is 0 Å². The van der Waals surface area contributed by atoms with E-state index in [1.807, 2.05) is 42.5 Å². The first-order valence-corrected chi connectivity index (χ1v) is 5.57. The number of nitrogens with two attached hydrogens (primary N) is 1. The van der Waals surface area contributed by atoms with Crippen molar-refractivity contribution < 1.29 is 9.47 Å². The Balaban J connectivity index is 2.25. The average Bonchev–Trinajstić information content (AvgIpc) is 2.41. The van der Waals surface area contributed by atoms with E-state index in [0.717, 1.165) is 28.6 Å². The molecule has 0 aromatic heterocycles. The molecule has 0 heterocycles. The number of anilines is 3.